The maximum Gasteiger partial charge on any atom is 0.228 e. The van der Waals surface area contributed by atoms with Gasteiger partial charge in [0.15, 0.2) is 11.8 Å². The third-order valence-corrected chi connectivity index (χ3v) is 4.20. The predicted octanol–water partition coefficient (Wildman–Crippen LogP) is 2.01. The molecule has 0 bridgehead atoms. The van der Waals surface area contributed by atoms with Gasteiger partial charge in [0.1, 0.15) is 0 Å². The fourth-order valence-corrected chi connectivity index (χ4v) is 2.62. The first-order chi connectivity index (χ1) is 10.1. The summed E-state index contributed by atoms with van der Waals surface area (Å²) in [6.45, 7) is 12.3. The molecule has 2 heterocycles. The van der Waals surface area contributed by atoms with Crippen molar-refractivity contribution in [1.82, 2.24) is 20.4 Å². The molecule has 1 N–H and O–H groups in total. The van der Waals surface area contributed by atoms with Crippen LogP contribution in [0, 0.1) is 12.3 Å². The highest BCUT2D eigenvalue weighted by Crippen LogP contribution is 2.32. The molecule has 0 radical (unpaired) electrons. The van der Waals surface area contributed by atoms with Crippen molar-refractivity contribution in [2.24, 2.45) is 10.4 Å². The lowest BCUT2D eigenvalue weighted by molar-refractivity contribution is 0.322. The Morgan fingerprint density at radius 3 is 2.86 bits per heavy atom. The minimum Gasteiger partial charge on any atom is -0.357 e. The number of hydrogen-bond acceptors (Lipinski definition) is 4. The summed E-state index contributed by atoms with van der Waals surface area (Å²) in [5, 5.41) is 7.18. The lowest BCUT2D eigenvalue weighted by Crippen LogP contribution is -2.41. The summed E-state index contributed by atoms with van der Waals surface area (Å²) in [6, 6.07) is 0. The Kier molecular flexibility index (Phi) is 5.20. The fraction of sp³-hybridized carbons (Fsp3) is 0.800. The van der Waals surface area contributed by atoms with Crippen LogP contribution in [-0.2, 0) is 6.42 Å². The molecule has 0 spiro atoms. The average molecular weight is 293 g/mol. The molecule has 21 heavy (non-hydrogen) atoms. The zero-order valence-electron chi connectivity index (χ0n) is 13.6. The second-order valence-electron chi connectivity index (χ2n) is 6.06. The van der Waals surface area contributed by atoms with Gasteiger partial charge in [-0.05, 0) is 32.1 Å². The van der Waals surface area contributed by atoms with Crippen molar-refractivity contribution >= 4 is 5.96 Å². The molecular formula is C15H27N5O. The molecule has 0 aliphatic carbocycles. The highest BCUT2D eigenvalue weighted by molar-refractivity contribution is 5.80. The standard InChI is InChI=1S/C15H27N5O/c1-5-15(4)8-10-20(11-15)14(16-6-2)17-9-7-13-18-12(3)19-21-13/h5-11H2,1-4H3,(H,16,17). The van der Waals surface area contributed by atoms with Gasteiger partial charge in [0.05, 0.1) is 6.54 Å². The Morgan fingerprint density at radius 1 is 1.48 bits per heavy atom. The number of hydrogen-bond donors (Lipinski definition) is 1. The number of aromatic nitrogens is 2. The maximum atomic E-state index is 5.12. The van der Waals surface area contributed by atoms with Crippen LogP contribution in [0.15, 0.2) is 9.52 Å². The number of aliphatic imine (C=N–C) groups is 1. The summed E-state index contributed by atoms with van der Waals surface area (Å²) in [4.78, 5) is 11.3. The summed E-state index contributed by atoms with van der Waals surface area (Å²) in [6.07, 6.45) is 3.13. The number of aryl methyl sites for hydroxylation is 1. The average Bonchev–Trinajstić information content (AvgIpc) is 3.05. The fourth-order valence-electron chi connectivity index (χ4n) is 2.62. The second kappa shape index (κ2) is 6.91. The number of likely N-dealkylation sites (tertiary alicyclic amines) is 1. The summed E-state index contributed by atoms with van der Waals surface area (Å²) in [5.41, 5.74) is 0.416. The van der Waals surface area contributed by atoms with Crippen LogP contribution in [0.4, 0.5) is 0 Å². The van der Waals surface area contributed by atoms with Gasteiger partial charge in [-0.15, -0.1) is 0 Å². The Balaban J connectivity index is 1.93. The number of rotatable bonds is 5. The largest absolute Gasteiger partial charge is 0.357 e. The molecule has 1 atom stereocenters. The van der Waals surface area contributed by atoms with E-state index in [4.69, 9.17) is 9.52 Å². The van der Waals surface area contributed by atoms with Gasteiger partial charge < -0.3 is 14.7 Å². The van der Waals surface area contributed by atoms with E-state index in [0.29, 0.717) is 30.1 Å². The Bertz CT molecular complexity index is 484. The summed E-state index contributed by atoms with van der Waals surface area (Å²) < 4.78 is 5.12. The molecule has 0 saturated carbocycles. The van der Waals surface area contributed by atoms with Crippen LogP contribution in [0.5, 0.6) is 0 Å². The SMILES string of the molecule is CCNC(=NCCc1nc(C)no1)N1CCC(C)(CC)C1. The molecular weight excluding hydrogens is 266 g/mol. The lowest BCUT2D eigenvalue weighted by Gasteiger charge is -2.25. The van der Waals surface area contributed by atoms with Crippen LogP contribution in [-0.4, -0.2) is 47.2 Å². The van der Waals surface area contributed by atoms with Crippen molar-refractivity contribution in [1.29, 1.82) is 0 Å². The van der Waals surface area contributed by atoms with Crippen LogP contribution in [0.3, 0.4) is 0 Å². The molecule has 0 amide bonds. The summed E-state index contributed by atoms with van der Waals surface area (Å²) >= 11 is 0. The van der Waals surface area contributed by atoms with Gasteiger partial charge in [-0.3, -0.25) is 4.99 Å². The van der Waals surface area contributed by atoms with E-state index in [2.05, 4.69) is 41.1 Å². The van der Waals surface area contributed by atoms with Crippen LogP contribution < -0.4 is 5.32 Å². The molecule has 6 heteroatoms. The molecule has 1 saturated heterocycles. The minimum absolute atomic E-state index is 0.416. The summed E-state index contributed by atoms with van der Waals surface area (Å²) in [5.74, 6) is 2.34. The first-order valence-electron chi connectivity index (χ1n) is 7.89. The minimum atomic E-state index is 0.416. The molecule has 0 aromatic carbocycles. The van der Waals surface area contributed by atoms with Crippen LogP contribution in [0.2, 0.25) is 0 Å². The summed E-state index contributed by atoms with van der Waals surface area (Å²) in [7, 11) is 0. The Morgan fingerprint density at radius 2 is 2.29 bits per heavy atom. The van der Waals surface area contributed by atoms with Crippen LogP contribution >= 0.6 is 0 Å². The highest BCUT2D eigenvalue weighted by Gasteiger charge is 2.33. The van der Waals surface area contributed by atoms with Crippen molar-refractivity contribution in [3.05, 3.63) is 11.7 Å². The first-order valence-corrected chi connectivity index (χ1v) is 7.89. The molecule has 1 aliphatic heterocycles. The normalized spacial score (nSPS) is 22.9. The van der Waals surface area contributed by atoms with E-state index >= 15 is 0 Å². The van der Waals surface area contributed by atoms with E-state index in [1.54, 1.807) is 0 Å². The van der Waals surface area contributed by atoms with E-state index in [1.165, 1.54) is 12.8 Å². The van der Waals surface area contributed by atoms with Crippen molar-refractivity contribution in [3.8, 4) is 0 Å². The van der Waals surface area contributed by atoms with Gasteiger partial charge in [-0.25, -0.2) is 0 Å². The highest BCUT2D eigenvalue weighted by atomic mass is 16.5. The molecule has 2 rings (SSSR count). The Hall–Kier alpha value is -1.59. The van der Waals surface area contributed by atoms with Gasteiger partial charge in [0.2, 0.25) is 5.89 Å². The third kappa shape index (κ3) is 4.19. The molecule has 1 aromatic rings. The van der Waals surface area contributed by atoms with E-state index < -0.39 is 0 Å². The smallest absolute Gasteiger partial charge is 0.228 e. The van der Waals surface area contributed by atoms with E-state index in [9.17, 15) is 0 Å². The molecule has 1 fully saturated rings. The number of guanidine groups is 1. The van der Waals surface area contributed by atoms with Gasteiger partial charge >= 0.3 is 0 Å². The Labute approximate surface area is 127 Å². The monoisotopic (exact) mass is 293 g/mol. The van der Waals surface area contributed by atoms with Gasteiger partial charge in [0, 0.05) is 26.1 Å². The van der Waals surface area contributed by atoms with Crippen LogP contribution in [0.25, 0.3) is 0 Å². The maximum absolute atomic E-state index is 5.12. The molecule has 1 unspecified atom stereocenters. The van der Waals surface area contributed by atoms with Crippen molar-refractivity contribution < 1.29 is 4.52 Å². The molecule has 1 aromatic heterocycles. The van der Waals surface area contributed by atoms with Crippen molar-refractivity contribution in [2.45, 2.75) is 47.0 Å². The van der Waals surface area contributed by atoms with Crippen molar-refractivity contribution in [2.75, 3.05) is 26.2 Å². The lowest BCUT2D eigenvalue weighted by atomic mass is 9.87. The quantitative estimate of drug-likeness (QED) is 0.664. The second-order valence-corrected chi connectivity index (χ2v) is 6.06. The van der Waals surface area contributed by atoms with Crippen LogP contribution in [0.1, 0.15) is 45.3 Å². The molecule has 1 aliphatic rings. The number of nitrogens with one attached hydrogen (secondary N) is 1. The topological polar surface area (TPSA) is 66.5 Å². The van der Waals surface area contributed by atoms with Gasteiger partial charge in [-0.1, -0.05) is 19.0 Å². The zero-order valence-corrected chi connectivity index (χ0v) is 13.6. The van der Waals surface area contributed by atoms with E-state index in [0.717, 1.165) is 25.6 Å². The van der Waals surface area contributed by atoms with E-state index in [-0.39, 0.29) is 0 Å². The van der Waals surface area contributed by atoms with Crippen molar-refractivity contribution in [3.63, 3.8) is 0 Å². The van der Waals surface area contributed by atoms with Gasteiger partial charge in [-0.2, -0.15) is 4.98 Å². The molecule has 6 nitrogen and oxygen atoms in total. The number of nitrogens with zero attached hydrogens (tertiary/aromatic N) is 4. The zero-order chi connectivity index (χ0) is 15.3. The predicted molar refractivity (Wildman–Crippen MR) is 83.3 cm³/mol. The first kappa shape index (κ1) is 15.8. The van der Waals surface area contributed by atoms with E-state index in [1.807, 2.05) is 6.92 Å². The third-order valence-electron chi connectivity index (χ3n) is 4.20. The van der Waals surface area contributed by atoms with Gasteiger partial charge in [0.25, 0.3) is 0 Å². The molecule has 118 valence electrons.